The van der Waals surface area contributed by atoms with Crippen LogP contribution in [0, 0.1) is 0 Å². The van der Waals surface area contributed by atoms with Crippen molar-refractivity contribution in [3.8, 4) is 22.2 Å². The third-order valence-electron chi connectivity index (χ3n) is 2.96. The highest BCUT2D eigenvalue weighted by Crippen LogP contribution is 2.33. The molecule has 0 saturated carbocycles. The molecule has 0 spiro atoms. The Morgan fingerprint density at radius 3 is 2.76 bits per heavy atom. The Morgan fingerprint density at radius 1 is 1.24 bits per heavy atom. The van der Waals surface area contributed by atoms with Crippen molar-refractivity contribution in [1.29, 1.82) is 0 Å². The zero-order valence-electron chi connectivity index (χ0n) is 12.0. The van der Waals surface area contributed by atoms with Gasteiger partial charge >= 0.3 is 0 Å². The molecular weight excluding hydrogens is 286 g/mol. The number of nitrogens with two attached hydrogens (primary N) is 1. The van der Waals surface area contributed by atoms with Gasteiger partial charge in [0.15, 0.2) is 0 Å². The van der Waals surface area contributed by atoms with Crippen molar-refractivity contribution < 1.29 is 4.52 Å². The minimum atomic E-state index is -0.131. The lowest BCUT2D eigenvalue weighted by atomic mass is 9.91. The molecule has 0 aliphatic rings. The van der Waals surface area contributed by atoms with E-state index < -0.39 is 0 Å². The normalized spacial score (nSPS) is 11.8. The highest BCUT2D eigenvalue weighted by atomic mass is 32.1. The summed E-state index contributed by atoms with van der Waals surface area (Å²) in [5, 5.41) is 8.20. The van der Waals surface area contributed by atoms with Crippen molar-refractivity contribution in [3.05, 3.63) is 30.0 Å². The number of nitrogens with zero attached hydrogens (tertiary/aromatic N) is 4. The molecule has 0 atom stereocenters. The Morgan fingerprint density at radius 2 is 2.05 bits per heavy atom. The first-order chi connectivity index (χ1) is 9.95. The highest BCUT2D eigenvalue weighted by molar-refractivity contribution is 7.09. The lowest BCUT2D eigenvalue weighted by Gasteiger charge is -2.14. The van der Waals surface area contributed by atoms with Crippen LogP contribution in [0.5, 0.6) is 0 Å². The van der Waals surface area contributed by atoms with E-state index in [4.69, 9.17) is 10.3 Å². The van der Waals surface area contributed by atoms with Crippen LogP contribution >= 0.6 is 11.5 Å². The number of rotatable bonds is 2. The molecule has 0 fully saturated rings. The fourth-order valence-corrected chi connectivity index (χ4v) is 2.73. The third-order valence-corrected chi connectivity index (χ3v) is 3.68. The monoisotopic (exact) mass is 301 g/mol. The second kappa shape index (κ2) is 4.92. The Hall–Kier alpha value is -2.28. The van der Waals surface area contributed by atoms with Crippen molar-refractivity contribution in [3.63, 3.8) is 0 Å². The molecule has 6 nitrogen and oxygen atoms in total. The van der Waals surface area contributed by atoms with Crippen LogP contribution in [0.4, 0.5) is 5.69 Å². The number of aromatic nitrogens is 4. The van der Waals surface area contributed by atoms with Gasteiger partial charge in [-0.15, -0.1) is 5.10 Å². The average molecular weight is 301 g/mol. The standard InChI is InChI=1S/C14H15N5OS/c1-14(2,3)11-10(21-19-17-11)13-16-12(18-20-13)8-5-4-6-9(15)7-8/h4-7H,15H2,1-3H3. The van der Waals surface area contributed by atoms with Crippen LogP contribution < -0.4 is 5.73 Å². The minimum absolute atomic E-state index is 0.131. The number of hydrogen-bond acceptors (Lipinski definition) is 7. The van der Waals surface area contributed by atoms with E-state index in [1.165, 1.54) is 11.5 Å². The van der Waals surface area contributed by atoms with Gasteiger partial charge in [-0.2, -0.15) is 4.98 Å². The minimum Gasteiger partial charge on any atom is -0.399 e. The van der Waals surface area contributed by atoms with E-state index in [1.807, 2.05) is 24.3 Å². The van der Waals surface area contributed by atoms with Crippen molar-refractivity contribution >= 4 is 17.2 Å². The smallest absolute Gasteiger partial charge is 0.271 e. The summed E-state index contributed by atoms with van der Waals surface area (Å²) in [5.74, 6) is 0.943. The molecule has 0 amide bonds. The molecule has 0 bridgehead atoms. The Kier molecular flexibility index (Phi) is 3.21. The van der Waals surface area contributed by atoms with Gasteiger partial charge in [-0.25, -0.2) is 0 Å². The summed E-state index contributed by atoms with van der Waals surface area (Å²) in [7, 11) is 0. The van der Waals surface area contributed by atoms with Gasteiger partial charge in [-0.05, 0) is 23.7 Å². The van der Waals surface area contributed by atoms with Gasteiger partial charge in [0.05, 0.1) is 5.69 Å². The van der Waals surface area contributed by atoms with Gasteiger partial charge in [0.25, 0.3) is 5.89 Å². The second-order valence-corrected chi connectivity index (χ2v) is 6.50. The molecule has 21 heavy (non-hydrogen) atoms. The Labute approximate surface area is 126 Å². The van der Waals surface area contributed by atoms with E-state index in [1.54, 1.807) is 0 Å². The van der Waals surface area contributed by atoms with E-state index in [-0.39, 0.29) is 5.41 Å². The van der Waals surface area contributed by atoms with Crippen LogP contribution in [-0.2, 0) is 5.41 Å². The van der Waals surface area contributed by atoms with Gasteiger partial charge in [-0.3, -0.25) is 0 Å². The van der Waals surface area contributed by atoms with Gasteiger partial charge in [0, 0.05) is 16.7 Å². The molecule has 1 aromatic carbocycles. The van der Waals surface area contributed by atoms with Crippen LogP contribution in [0.2, 0.25) is 0 Å². The first-order valence-electron chi connectivity index (χ1n) is 6.48. The van der Waals surface area contributed by atoms with Crippen molar-refractivity contribution in [2.45, 2.75) is 26.2 Å². The maximum atomic E-state index is 5.77. The molecule has 3 rings (SSSR count). The zero-order chi connectivity index (χ0) is 15.0. The molecule has 3 aromatic rings. The maximum absolute atomic E-state index is 5.77. The summed E-state index contributed by atoms with van der Waals surface area (Å²) in [5.41, 5.74) is 7.98. The first-order valence-corrected chi connectivity index (χ1v) is 7.25. The highest BCUT2D eigenvalue weighted by Gasteiger charge is 2.26. The second-order valence-electron chi connectivity index (χ2n) is 5.75. The van der Waals surface area contributed by atoms with E-state index in [0.717, 1.165) is 16.1 Å². The summed E-state index contributed by atoms with van der Waals surface area (Å²) in [4.78, 5) is 5.25. The Balaban J connectivity index is 2.02. The fraction of sp³-hybridized carbons (Fsp3) is 0.286. The molecule has 7 heteroatoms. The maximum Gasteiger partial charge on any atom is 0.271 e. The fourth-order valence-electron chi connectivity index (χ4n) is 1.93. The van der Waals surface area contributed by atoms with E-state index >= 15 is 0 Å². The van der Waals surface area contributed by atoms with Gasteiger partial charge in [0.1, 0.15) is 4.88 Å². The van der Waals surface area contributed by atoms with Gasteiger partial charge < -0.3 is 10.3 Å². The number of benzene rings is 1. The van der Waals surface area contributed by atoms with Crippen LogP contribution in [0.1, 0.15) is 26.5 Å². The zero-order valence-corrected chi connectivity index (χ0v) is 12.8. The summed E-state index contributed by atoms with van der Waals surface area (Å²) < 4.78 is 9.37. The summed E-state index contributed by atoms with van der Waals surface area (Å²) >= 11 is 1.26. The summed E-state index contributed by atoms with van der Waals surface area (Å²) in [6.07, 6.45) is 0. The molecule has 2 aromatic heterocycles. The largest absolute Gasteiger partial charge is 0.399 e. The summed E-state index contributed by atoms with van der Waals surface area (Å²) in [6.45, 7) is 6.22. The molecule has 2 N–H and O–H groups in total. The lowest BCUT2D eigenvalue weighted by Crippen LogP contribution is -2.13. The van der Waals surface area contributed by atoms with Gasteiger partial charge in [0.2, 0.25) is 5.82 Å². The molecule has 0 unspecified atom stereocenters. The van der Waals surface area contributed by atoms with Gasteiger partial charge in [-0.1, -0.05) is 42.5 Å². The molecule has 0 aliphatic carbocycles. The third kappa shape index (κ3) is 2.64. The quantitative estimate of drug-likeness (QED) is 0.731. The average Bonchev–Trinajstić information content (AvgIpc) is 3.07. The first kappa shape index (κ1) is 13.7. The number of hydrogen-bond donors (Lipinski definition) is 1. The van der Waals surface area contributed by atoms with Crippen LogP contribution in [0.3, 0.4) is 0 Å². The molecule has 0 saturated heterocycles. The van der Waals surface area contributed by atoms with E-state index in [2.05, 4.69) is 40.5 Å². The van der Waals surface area contributed by atoms with E-state index in [9.17, 15) is 0 Å². The molecule has 2 heterocycles. The summed E-state index contributed by atoms with van der Waals surface area (Å²) in [6, 6.07) is 7.37. The molecule has 0 radical (unpaired) electrons. The predicted octanol–water partition coefficient (Wildman–Crippen LogP) is 3.13. The van der Waals surface area contributed by atoms with Crippen LogP contribution in [0.25, 0.3) is 22.2 Å². The topological polar surface area (TPSA) is 90.7 Å². The Bertz CT molecular complexity index is 772. The number of nitrogen functional groups attached to an aromatic ring is 1. The molecule has 0 aliphatic heterocycles. The molecular formula is C14H15N5OS. The van der Waals surface area contributed by atoms with Crippen molar-refractivity contribution in [2.75, 3.05) is 5.73 Å². The van der Waals surface area contributed by atoms with E-state index in [0.29, 0.717) is 17.4 Å². The lowest BCUT2D eigenvalue weighted by molar-refractivity contribution is 0.431. The number of anilines is 1. The van der Waals surface area contributed by atoms with Crippen LogP contribution in [-0.4, -0.2) is 19.7 Å². The predicted molar refractivity (Wildman–Crippen MR) is 81.7 cm³/mol. The van der Waals surface area contributed by atoms with Crippen molar-refractivity contribution in [2.24, 2.45) is 0 Å². The SMILES string of the molecule is CC(C)(C)c1nnsc1-c1nc(-c2cccc(N)c2)no1. The van der Waals surface area contributed by atoms with Crippen LogP contribution in [0.15, 0.2) is 28.8 Å². The molecule has 108 valence electrons. The van der Waals surface area contributed by atoms with Crippen molar-refractivity contribution in [1.82, 2.24) is 19.7 Å².